The standard InChI is InChI=1S/C11H15N5O2/c1-8(9-13-7-14-16-9)15-10(17)11(6-12)2-4-18-5-3-11/h7-8H,2-5H2,1H3,(H,15,17)(H,13,14,16). The number of nitriles is 1. The molecule has 0 radical (unpaired) electrons. The van der Waals surface area contributed by atoms with Gasteiger partial charge in [-0.05, 0) is 19.8 Å². The van der Waals surface area contributed by atoms with Crippen LogP contribution in [0.5, 0.6) is 0 Å². The lowest BCUT2D eigenvalue weighted by Crippen LogP contribution is -2.44. The summed E-state index contributed by atoms with van der Waals surface area (Å²) in [5, 5.41) is 18.5. The summed E-state index contributed by atoms with van der Waals surface area (Å²) in [6.45, 7) is 2.68. The molecule has 7 heteroatoms. The van der Waals surface area contributed by atoms with Gasteiger partial charge >= 0.3 is 0 Å². The van der Waals surface area contributed by atoms with Gasteiger partial charge in [-0.25, -0.2) is 4.98 Å². The van der Waals surface area contributed by atoms with Crippen LogP contribution >= 0.6 is 0 Å². The van der Waals surface area contributed by atoms with Gasteiger partial charge in [0, 0.05) is 13.2 Å². The van der Waals surface area contributed by atoms with Crippen LogP contribution in [0.2, 0.25) is 0 Å². The van der Waals surface area contributed by atoms with E-state index in [1.165, 1.54) is 6.33 Å². The maximum atomic E-state index is 12.2. The Bertz CT molecular complexity index is 444. The first kappa shape index (κ1) is 12.5. The van der Waals surface area contributed by atoms with Gasteiger partial charge in [0.25, 0.3) is 0 Å². The number of hydrogen-bond acceptors (Lipinski definition) is 5. The lowest BCUT2D eigenvalue weighted by Gasteiger charge is -2.30. The van der Waals surface area contributed by atoms with Gasteiger partial charge in [-0.2, -0.15) is 10.4 Å². The third kappa shape index (κ3) is 2.33. The molecule has 7 nitrogen and oxygen atoms in total. The maximum absolute atomic E-state index is 12.2. The monoisotopic (exact) mass is 249 g/mol. The summed E-state index contributed by atoms with van der Waals surface area (Å²) < 4.78 is 5.19. The Hall–Kier alpha value is -1.94. The Morgan fingerprint density at radius 3 is 2.94 bits per heavy atom. The molecule has 0 aromatic carbocycles. The SMILES string of the molecule is CC(NC(=O)C1(C#N)CCOCC1)c1ncn[nH]1. The highest BCUT2D eigenvalue weighted by molar-refractivity contribution is 5.85. The molecular formula is C11H15N5O2. The van der Waals surface area contributed by atoms with Crippen molar-refractivity contribution in [1.29, 1.82) is 5.26 Å². The van der Waals surface area contributed by atoms with Crippen LogP contribution in [0.3, 0.4) is 0 Å². The number of aromatic nitrogens is 3. The van der Waals surface area contributed by atoms with Crippen LogP contribution in [0.1, 0.15) is 31.6 Å². The molecule has 18 heavy (non-hydrogen) atoms. The molecule has 1 saturated heterocycles. The molecule has 0 saturated carbocycles. The highest BCUT2D eigenvalue weighted by atomic mass is 16.5. The molecule has 0 aliphatic carbocycles. The van der Waals surface area contributed by atoms with Gasteiger partial charge in [0.05, 0.1) is 12.1 Å². The third-order valence-corrected chi connectivity index (χ3v) is 3.19. The zero-order valence-electron chi connectivity index (χ0n) is 10.1. The van der Waals surface area contributed by atoms with E-state index in [4.69, 9.17) is 4.74 Å². The lowest BCUT2D eigenvalue weighted by molar-refractivity contribution is -0.133. The largest absolute Gasteiger partial charge is 0.381 e. The zero-order valence-corrected chi connectivity index (χ0v) is 10.1. The molecule has 1 unspecified atom stereocenters. The number of H-pyrrole nitrogens is 1. The third-order valence-electron chi connectivity index (χ3n) is 3.19. The van der Waals surface area contributed by atoms with E-state index in [1.807, 2.05) is 0 Å². The highest BCUT2D eigenvalue weighted by Crippen LogP contribution is 2.30. The minimum atomic E-state index is -0.980. The fourth-order valence-electron chi connectivity index (χ4n) is 1.94. The van der Waals surface area contributed by atoms with Crippen molar-refractivity contribution >= 4 is 5.91 Å². The van der Waals surface area contributed by atoms with Crippen LogP contribution in [-0.4, -0.2) is 34.3 Å². The molecule has 1 aromatic rings. The molecule has 0 spiro atoms. The number of nitrogens with one attached hydrogen (secondary N) is 2. The van der Waals surface area contributed by atoms with E-state index >= 15 is 0 Å². The van der Waals surface area contributed by atoms with E-state index < -0.39 is 5.41 Å². The number of amides is 1. The van der Waals surface area contributed by atoms with Crippen molar-refractivity contribution in [2.24, 2.45) is 5.41 Å². The van der Waals surface area contributed by atoms with Crippen molar-refractivity contribution < 1.29 is 9.53 Å². The van der Waals surface area contributed by atoms with Crippen molar-refractivity contribution in [3.8, 4) is 6.07 Å². The fraction of sp³-hybridized carbons (Fsp3) is 0.636. The number of rotatable bonds is 3. The quantitative estimate of drug-likeness (QED) is 0.801. The van der Waals surface area contributed by atoms with Crippen LogP contribution in [0.4, 0.5) is 0 Å². The average Bonchev–Trinajstić information content (AvgIpc) is 2.93. The second-order valence-corrected chi connectivity index (χ2v) is 4.37. The Labute approximate surface area is 105 Å². The van der Waals surface area contributed by atoms with Gasteiger partial charge in [-0.1, -0.05) is 0 Å². The summed E-state index contributed by atoms with van der Waals surface area (Å²) >= 11 is 0. The second-order valence-electron chi connectivity index (χ2n) is 4.37. The molecule has 2 heterocycles. The molecule has 1 aromatic heterocycles. The first-order valence-corrected chi connectivity index (χ1v) is 5.83. The number of ether oxygens (including phenoxy) is 1. The number of carbonyl (C=O) groups is 1. The molecule has 1 aliphatic rings. The summed E-state index contributed by atoms with van der Waals surface area (Å²) in [5.41, 5.74) is -0.980. The minimum absolute atomic E-state index is 0.266. The molecule has 0 bridgehead atoms. The van der Waals surface area contributed by atoms with E-state index in [1.54, 1.807) is 6.92 Å². The van der Waals surface area contributed by atoms with Crippen molar-refractivity contribution in [3.63, 3.8) is 0 Å². The molecule has 2 rings (SSSR count). The van der Waals surface area contributed by atoms with Crippen LogP contribution < -0.4 is 5.32 Å². The summed E-state index contributed by atoms with van der Waals surface area (Å²) in [6.07, 6.45) is 2.24. The van der Waals surface area contributed by atoms with Gasteiger partial charge in [0.1, 0.15) is 17.6 Å². The first-order valence-electron chi connectivity index (χ1n) is 5.83. The van der Waals surface area contributed by atoms with Crippen molar-refractivity contribution in [1.82, 2.24) is 20.5 Å². The first-order chi connectivity index (χ1) is 8.68. The highest BCUT2D eigenvalue weighted by Gasteiger charge is 2.41. The van der Waals surface area contributed by atoms with Crippen LogP contribution in [-0.2, 0) is 9.53 Å². The molecule has 2 N–H and O–H groups in total. The van der Waals surface area contributed by atoms with E-state index in [0.717, 1.165) is 0 Å². The number of aromatic amines is 1. The molecule has 1 atom stereocenters. The van der Waals surface area contributed by atoms with Gasteiger partial charge in [0.15, 0.2) is 0 Å². The summed E-state index contributed by atoms with van der Waals surface area (Å²) in [5.74, 6) is 0.306. The molecule has 1 amide bonds. The van der Waals surface area contributed by atoms with Crippen molar-refractivity contribution in [2.45, 2.75) is 25.8 Å². The predicted octanol–water partition coefficient (Wildman–Crippen LogP) is 0.302. The summed E-state index contributed by atoms with van der Waals surface area (Å²) in [6, 6.07) is 1.83. The molecule has 96 valence electrons. The van der Waals surface area contributed by atoms with Crippen LogP contribution in [0.15, 0.2) is 6.33 Å². The average molecular weight is 249 g/mol. The predicted molar refractivity (Wildman–Crippen MR) is 61.0 cm³/mol. The fourth-order valence-corrected chi connectivity index (χ4v) is 1.94. The van der Waals surface area contributed by atoms with Gasteiger partial charge in [-0.15, -0.1) is 0 Å². The number of carbonyl (C=O) groups excluding carboxylic acids is 1. The van der Waals surface area contributed by atoms with Gasteiger partial charge < -0.3 is 10.1 Å². The number of hydrogen-bond donors (Lipinski definition) is 2. The summed E-state index contributed by atoms with van der Waals surface area (Å²) in [7, 11) is 0. The Morgan fingerprint density at radius 2 is 2.39 bits per heavy atom. The lowest BCUT2D eigenvalue weighted by atomic mass is 9.80. The Kier molecular flexibility index (Phi) is 3.58. The molecule has 1 aliphatic heterocycles. The second kappa shape index (κ2) is 5.14. The van der Waals surface area contributed by atoms with Gasteiger partial charge in [0.2, 0.25) is 5.91 Å². The van der Waals surface area contributed by atoms with E-state index in [0.29, 0.717) is 31.9 Å². The topological polar surface area (TPSA) is 104 Å². The van der Waals surface area contributed by atoms with E-state index in [-0.39, 0.29) is 11.9 Å². The van der Waals surface area contributed by atoms with Crippen molar-refractivity contribution in [2.75, 3.05) is 13.2 Å². The number of nitrogens with zero attached hydrogens (tertiary/aromatic N) is 3. The molecule has 1 fully saturated rings. The van der Waals surface area contributed by atoms with Crippen molar-refractivity contribution in [3.05, 3.63) is 12.2 Å². The molecular weight excluding hydrogens is 234 g/mol. The maximum Gasteiger partial charge on any atom is 0.241 e. The zero-order chi connectivity index (χ0) is 13.0. The van der Waals surface area contributed by atoms with E-state index in [9.17, 15) is 10.1 Å². The van der Waals surface area contributed by atoms with E-state index in [2.05, 4.69) is 26.6 Å². The normalized spacial score (nSPS) is 19.8. The minimum Gasteiger partial charge on any atom is -0.381 e. The summed E-state index contributed by atoms with van der Waals surface area (Å²) in [4.78, 5) is 16.2. The smallest absolute Gasteiger partial charge is 0.241 e. The van der Waals surface area contributed by atoms with Crippen LogP contribution in [0, 0.1) is 16.7 Å². The Balaban J connectivity index is 2.04. The van der Waals surface area contributed by atoms with Gasteiger partial charge in [-0.3, -0.25) is 9.89 Å². The van der Waals surface area contributed by atoms with Crippen LogP contribution in [0.25, 0.3) is 0 Å². The Morgan fingerprint density at radius 1 is 1.67 bits per heavy atom.